The number of nitrogens with zero attached hydrogens (tertiary/aromatic N) is 1. The Morgan fingerprint density at radius 3 is 2.29 bits per heavy atom. The Kier molecular flexibility index (Phi) is 5.81. The zero-order chi connectivity index (χ0) is 20.3. The number of imide groups is 1. The van der Waals surface area contributed by atoms with Crippen LogP contribution in [0.5, 0.6) is 5.75 Å². The summed E-state index contributed by atoms with van der Waals surface area (Å²) in [5.74, 6) is 0.125. The summed E-state index contributed by atoms with van der Waals surface area (Å²) in [6.07, 6.45) is 0.389. The molecule has 0 aromatic heterocycles. The van der Waals surface area contributed by atoms with Crippen LogP contribution in [0.25, 0.3) is 0 Å². The van der Waals surface area contributed by atoms with Crippen LogP contribution in [0.1, 0.15) is 32.3 Å². The van der Waals surface area contributed by atoms with Crippen LogP contribution in [0.2, 0.25) is 0 Å². The lowest BCUT2D eigenvalue weighted by Gasteiger charge is -2.14. The predicted octanol–water partition coefficient (Wildman–Crippen LogP) is 2.61. The normalized spacial score (nSPS) is 14.8. The van der Waals surface area contributed by atoms with Crippen LogP contribution in [-0.4, -0.2) is 26.3 Å². The van der Waals surface area contributed by atoms with Gasteiger partial charge >= 0.3 is 0 Å². The molecule has 0 bridgehead atoms. The van der Waals surface area contributed by atoms with Gasteiger partial charge in [0.25, 0.3) is 0 Å². The Balaban J connectivity index is 1.69. The van der Waals surface area contributed by atoms with E-state index < -0.39 is 10.0 Å². The van der Waals surface area contributed by atoms with E-state index in [1.165, 1.54) is 24.3 Å². The number of amides is 2. The lowest BCUT2D eigenvalue weighted by Crippen LogP contribution is -2.28. The van der Waals surface area contributed by atoms with Gasteiger partial charge in [-0.2, -0.15) is 0 Å². The molecule has 28 heavy (non-hydrogen) atoms. The van der Waals surface area contributed by atoms with E-state index in [4.69, 9.17) is 4.74 Å². The van der Waals surface area contributed by atoms with Crippen molar-refractivity contribution in [3.05, 3.63) is 54.1 Å². The Morgan fingerprint density at radius 1 is 1.04 bits per heavy atom. The molecule has 1 N–H and O–H groups in total. The summed E-state index contributed by atoms with van der Waals surface area (Å²) in [5.41, 5.74) is 1.15. The first-order valence-corrected chi connectivity index (χ1v) is 10.5. The molecule has 2 aromatic rings. The minimum Gasteiger partial charge on any atom is -0.491 e. The lowest BCUT2D eigenvalue weighted by atomic mass is 10.2. The SMILES string of the molecule is CC(C)Oc1cccc(CNS(=O)(=O)c2ccc(N3C(=O)CCC3=O)cc2)c1. The Morgan fingerprint density at radius 2 is 1.68 bits per heavy atom. The Labute approximate surface area is 164 Å². The van der Waals surface area contributed by atoms with Crippen LogP contribution in [0, 0.1) is 0 Å². The second-order valence-electron chi connectivity index (χ2n) is 6.76. The van der Waals surface area contributed by atoms with E-state index in [1.54, 1.807) is 12.1 Å². The second-order valence-corrected chi connectivity index (χ2v) is 8.52. The molecule has 0 radical (unpaired) electrons. The number of anilines is 1. The molecule has 148 valence electrons. The second kappa shape index (κ2) is 8.12. The molecule has 3 rings (SSSR count). The zero-order valence-corrected chi connectivity index (χ0v) is 16.5. The van der Waals surface area contributed by atoms with Crippen molar-refractivity contribution >= 4 is 27.5 Å². The van der Waals surface area contributed by atoms with Gasteiger partial charge < -0.3 is 4.74 Å². The Hall–Kier alpha value is -2.71. The van der Waals surface area contributed by atoms with Crippen LogP contribution >= 0.6 is 0 Å². The van der Waals surface area contributed by atoms with Gasteiger partial charge in [-0.25, -0.2) is 13.1 Å². The minimum absolute atomic E-state index is 0.0276. The fourth-order valence-corrected chi connectivity index (χ4v) is 3.92. The van der Waals surface area contributed by atoms with Crippen molar-refractivity contribution in [2.24, 2.45) is 0 Å². The Bertz CT molecular complexity index is 968. The van der Waals surface area contributed by atoms with Gasteiger partial charge in [-0.1, -0.05) is 12.1 Å². The lowest BCUT2D eigenvalue weighted by molar-refractivity contribution is -0.121. The number of ether oxygens (including phenoxy) is 1. The summed E-state index contributed by atoms with van der Waals surface area (Å²) < 4.78 is 33.2. The molecule has 1 aliphatic rings. The molecule has 2 amide bonds. The summed E-state index contributed by atoms with van der Waals surface area (Å²) >= 11 is 0. The fraction of sp³-hybridized carbons (Fsp3) is 0.300. The van der Waals surface area contributed by atoms with Gasteiger partial charge in [0, 0.05) is 19.4 Å². The van der Waals surface area contributed by atoms with Crippen LogP contribution < -0.4 is 14.4 Å². The molecule has 1 aliphatic heterocycles. The van der Waals surface area contributed by atoms with Gasteiger partial charge in [-0.05, 0) is 55.8 Å². The molecule has 2 aromatic carbocycles. The highest BCUT2D eigenvalue weighted by atomic mass is 32.2. The van der Waals surface area contributed by atoms with Gasteiger partial charge in [-0.3, -0.25) is 14.5 Å². The maximum atomic E-state index is 12.5. The van der Waals surface area contributed by atoms with Crippen molar-refractivity contribution in [2.45, 2.75) is 44.2 Å². The number of hydrogen-bond donors (Lipinski definition) is 1. The largest absolute Gasteiger partial charge is 0.491 e. The first-order valence-electron chi connectivity index (χ1n) is 8.97. The third kappa shape index (κ3) is 4.58. The molecule has 0 aliphatic carbocycles. The number of sulfonamides is 1. The maximum Gasteiger partial charge on any atom is 0.240 e. The van der Waals surface area contributed by atoms with Crippen LogP contribution in [0.3, 0.4) is 0 Å². The summed E-state index contributed by atoms with van der Waals surface area (Å²) in [6.45, 7) is 3.95. The molecule has 1 fully saturated rings. The minimum atomic E-state index is -3.74. The van der Waals surface area contributed by atoms with Crippen molar-refractivity contribution < 1.29 is 22.7 Å². The van der Waals surface area contributed by atoms with E-state index in [-0.39, 0.29) is 42.2 Å². The molecule has 0 atom stereocenters. The number of carbonyl (C=O) groups is 2. The number of rotatable bonds is 7. The van der Waals surface area contributed by atoms with E-state index in [1.807, 2.05) is 26.0 Å². The molecule has 0 unspecified atom stereocenters. The van der Waals surface area contributed by atoms with E-state index >= 15 is 0 Å². The highest BCUT2D eigenvalue weighted by Crippen LogP contribution is 2.24. The average molecular weight is 402 g/mol. The quantitative estimate of drug-likeness (QED) is 0.719. The monoisotopic (exact) mass is 402 g/mol. The third-order valence-corrected chi connectivity index (χ3v) is 5.61. The highest BCUT2D eigenvalue weighted by molar-refractivity contribution is 7.89. The molecular formula is C20H22N2O5S. The number of hydrogen-bond acceptors (Lipinski definition) is 5. The van der Waals surface area contributed by atoms with Crippen molar-refractivity contribution in [1.29, 1.82) is 0 Å². The van der Waals surface area contributed by atoms with Crippen molar-refractivity contribution in [3.8, 4) is 5.75 Å². The number of benzene rings is 2. The smallest absolute Gasteiger partial charge is 0.240 e. The zero-order valence-electron chi connectivity index (χ0n) is 15.7. The van der Waals surface area contributed by atoms with Crippen LogP contribution in [0.15, 0.2) is 53.4 Å². The third-order valence-electron chi connectivity index (χ3n) is 4.19. The molecule has 0 saturated carbocycles. The van der Waals surface area contributed by atoms with Crippen LogP contribution in [0.4, 0.5) is 5.69 Å². The van der Waals surface area contributed by atoms with E-state index in [2.05, 4.69) is 4.72 Å². The van der Waals surface area contributed by atoms with Crippen molar-refractivity contribution in [3.63, 3.8) is 0 Å². The van der Waals surface area contributed by atoms with Crippen molar-refractivity contribution in [2.75, 3.05) is 4.90 Å². The first-order chi connectivity index (χ1) is 13.3. The maximum absolute atomic E-state index is 12.5. The summed E-state index contributed by atoms with van der Waals surface area (Å²) in [6, 6.07) is 12.9. The van der Waals surface area contributed by atoms with Crippen molar-refractivity contribution in [1.82, 2.24) is 4.72 Å². The average Bonchev–Trinajstić information content (AvgIpc) is 2.98. The number of nitrogens with one attached hydrogen (secondary N) is 1. The molecule has 1 saturated heterocycles. The van der Waals surface area contributed by atoms with Gasteiger partial charge in [0.05, 0.1) is 16.7 Å². The topological polar surface area (TPSA) is 92.8 Å². The first kappa shape index (κ1) is 20.0. The molecule has 0 spiro atoms. The predicted molar refractivity (Wildman–Crippen MR) is 104 cm³/mol. The molecule has 8 heteroatoms. The summed E-state index contributed by atoms with van der Waals surface area (Å²) in [5, 5.41) is 0. The van der Waals surface area contributed by atoms with Gasteiger partial charge in [0.1, 0.15) is 5.75 Å². The standard InChI is InChI=1S/C20H22N2O5S/c1-14(2)27-17-5-3-4-15(12-17)13-21-28(25,26)18-8-6-16(7-9-18)22-19(23)10-11-20(22)24/h3-9,12,14,21H,10-11,13H2,1-2H3. The van der Waals surface area contributed by atoms with Gasteiger partial charge in [0.2, 0.25) is 21.8 Å². The van der Waals surface area contributed by atoms with Gasteiger partial charge in [0.15, 0.2) is 0 Å². The highest BCUT2D eigenvalue weighted by Gasteiger charge is 2.30. The van der Waals surface area contributed by atoms with E-state index in [9.17, 15) is 18.0 Å². The van der Waals surface area contributed by atoms with Crippen LogP contribution in [-0.2, 0) is 26.2 Å². The fourth-order valence-electron chi connectivity index (χ4n) is 2.90. The molecular weight excluding hydrogens is 380 g/mol. The van der Waals surface area contributed by atoms with Gasteiger partial charge in [-0.15, -0.1) is 0 Å². The van der Waals surface area contributed by atoms with E-state index in [0.29, 0.717) is 11.4 Å². The molecule has 1 heterocycles. The van der Waals surface area contributed by atoms with E-state index in [0.717, 1.165) is 10.5 Å². The number of carbonyl (C=O) groups excluding carboxylic acids is 2. The summed E-state index contributed by atoms with van der Waals surface area (Å²) in [7, 11) is -3.74. The molecule has 7 nitrogen and oxygen atoms in total. The summed E-state index contributed by atoms with van der Waals surface area (Å²) in [4.78, 5) is 24.7.